The molecule has 0 saturated carbocycles. The number of carbonyl (C=O) groups excluding carboxylic acids is 1. The van der Waals surface area contributed by atoms with Gasteiger partial charge in [0, 0.05) is 26.1 Å². The van der Waals surface area contributed by atoms with Crippen LogP contribution in [-0.2, 0) is 17.5 Å². The highest BCUT2D eigenvalue weighted by Gasteiger charge is 2.35. The number of rotatable bonds is 3. The molecule has 0 aromatic heterocycles. The zero-order valence-corrected chi connectivity index (χ0v) is 10.1. The fraction of sp³-hybridized carbons (Fsp3) is 0.364. The number of amides is 1. The number of alkyl halides is 3. The Labute approximate surface area is 106 Å². The van der Waals surface area contributed by atoms with Gasteiger partial charge in [0.15, 0.2) is 0 Å². The van der Waals surface area contributed by atoms with Crippen LogP contribution < -0.4 is 5.43 Å². The summed E-state index contributed by atoms with van der Waals surface area (Å²) in [5.41, 5.74) is 0.455. The maximum absolute atomic E-state index is 13.4. The second-order valence-corrected chi connectivity index (χ2v) is 3.83. The van der Waals surface area contributed by atoms with Gasteiger partial charge in [0.2, 0.25) is 5.91 Å². The van der Waals surface area contributed by atoms with E-state index in [4.69, 9.17) is 0 Å². The molecule has 8 heteroatoms. The summed E-state index contributed by atoms with van der Waals surface area (Å²) in [5.74, 6) is -3.14. The molecule has 1 N–H and O–H groups in total. The van der Waals surface area contributed by atoms with Crippen LogP contribution in [0.3, 0.4) is 0 Å². The molecule has 1 aromatic rings. The van der Waals surface area contributed by atoms with E-state index in [-0.39, 0.29) is 24.1 Å². The molecule has 0 spiro atoms. The Morgan fingerprint density at radius 2 is 1.84 bits per heavy atom. The zero-order chi connectivity index (χ0) is 14.8. The van der Waals surface area contributed by atoms with Crippen LogP contribution in [0.5, 0.6) is 0 Å². The molecule has 0 aliphatic heterocycles. The minimum Gasteiger partial charge on any atom is -0.281 e. The smallest absolute Gasteiger partial charge is 0.281 e. The predicted molar refractivity (Wildman–Crippen MR) is 56.6 cm³/mol. The summed E-state index contributed by atoms with van der Waals surface area (Å²) in [6.45, 7) is 0.924. The van der Waals surface area contributed by atoms with Crippen molar-refractivity contribution in [1.29, 1.82) is 0 Å². The monoisotopic (exact) mass is 282 g/mol. The van der Waals surface area contributed by atoms with Crippen LogP contribution in [0.1, 0.15) is 18.1 Å². The number of nitrogens with zero attached hydrogens (tertiary/aromatic N) is 1. The summed E-state index contributed by atoms with van der Waals surface area (Å²) in [4.78, 5) is 10.8. The van der Waals surface area contributed by atoms with E-state index in [0.717, 1.165) is 5.01 Å². The average molecular weight is 282 g/mol. The maximum Gasteiger partial charge on any atom is 0.419 e. The lowest BCUT2D eigenvalue weighted by Gasteiger charge is -2.17. The van der Waals surface area contributed by atoms with Crippen LogP contribution in [0.2, 0.25) is 0 Å². The molecule has 0 radical (unpaired) electrons. The van der Waals surface area contributed by atoms with Gasteiger partial charge in [0.25, 0.3) is 0 Å². The Hall–Kier alpha value is -1.70. The first kappa shape index (κ1) is 15.4. The molecule has 0 aliphatic rings. The van der Waals surface area contributed by atoms with Crippen LogP contribution in [0.15, 0.2) is 12.1 Å². The van der Waals surface area contributed by atoms with Crippen LogP contribution in [0.4, 0.5) is 22.0 Å². The summed E-state index contributed by atoms with van der Waals surface area (Å²) in [6, 6.07) is 0.555. The van der Waals surface area contributed by atoms with Crippen LogP contribution in [0.25, 0.3) is 0 Å². The van der Waals surface area contributed by atoms with Gasteiger partial charge in [-0.2, -0.15) is 13.2 Å². The van der Waals surface area contributed by atoms with Crippen molar-refractivity contribution in [2.24, 2.45) is 0 Å². The highest BCUT2D eigenvalue weighted by molar-refractivity contribution is 5.72. The number of nitrogens with one attached hydrogen (secondary N) is 1. The van der Waals surface area contributed by atoms with Gasteiger partial charge >= 0.3 is 6.18 Å². The summed E-state index contributed by atoms with van der Waals surface area (Å²) in [5, 5.41) is 1.01. The van der Waals surface area contributed by atoms with Gasteiger partial charge < -0.3 is 0 Å². The van der Waals surface area contributed by atoms with Crippen LogP contribution in [0, 0.1) is 11.6 Å². The third kappa shape index (κ3) is 3.88. The van der Waals surface area contributed by atoms with E-state index in [1.807, 2.05) is 0 Å². The van der Waals surface area contributed by atoms with E-state index in [1.54, 1.807) is 0 Å². The van der Waals surface area contributed by atoms with Crippen molar-refractivity contribution in [3.05, 3.63) is 34.9 Å². The standard InChI is InChI=1S/C11H11F5N2O/c1-6(19)18(2)17-5-7-3-10(13)8(4-9(7)12)11(14,15)16/h3-4,17H,5H2,1-2H3. The minimum atomic E-state index is -4.95. The number of hydrogen-bond donors (Lipinski definition) is 1. The van der Waals surface area contributed by atoms with E-state index in [9.17, 15) is 26.7 Å². The second-order valence-electron chi connectivity index (χ2n) is 3.83. The largest absolute Gasteiger partial charge is 0.419 e. The normalized spacial score (nSPS) is 11.5. The fourth-order valence-corrected chi connectivity index (χ4v) is 1.26. The molecule has 0 bridgehead atoms. The molecule has 0 saturated heterocycles. The minimum absolute atomic E-state index is 0.0973. The van der Waals surface area contributed by atoms with E-state index in [2.05, 4.69) is 5.43 Å². The number of benzene rings is 1. The highest BCUT2D eigenvalue weighted by Crippen LogP contribution is 2.32. The number of carbonyl (C=O) groups is 1. The molecule has 1 aromatic carbocycles. The van der Waals surface area contributed by atoms with Crippen molar-refractivity contribution in [3.63, 3.8) is 0 Å². The SMILES string of the molecule is CC(=O)N(C)NCc1cc(F)c(C(F)(F)F)cc1F. The summed E-state index contributed by atoms with van der Waals surface area (Å²) in [6.07, 6.45) is -4.95. The lowest BCUT2D eigenvalue weighted by Crippen LogP contribution is -2.37. The quantitative estimate of drug-likeness (QED) is 0.682. The molecule has 19 heavy (non-hydrogen) atoms. The lowest BCUT2D eigenvalue weighted by molar-refractivity contribution is -0.140. The average Bonchev–Trinajstić information content (AvgIpc) is 2.27. The molecular weight excluding hydrogens is 271 g/mol. The van der Waals surface area contributed by atoms with E-state index < -0.39 is 23.4 Å². The van der Waals surface area contributed by atoms with Crippen LogP contribution >= 0.6 is 0 Å². The predicted octanol–water partition coefficient (Wildman–Crippen LogP) is 2.47. The maximum atomic E-state index is 13.4. The summed E-state index contributed by atoms with van der Waals surface area (Å²) < 4.78 is 63.5. The Morgan fingerprint density at radius 1 is 1.26 bits per heavy atom. The molecule has 0 fully saturated rings. The van der Waals surface area contributed by atoms with Gasteiger partial charge in [-0.25, -0.2) is 14.2 Å². The van der Waals surface area contributed by atoms with Crippen LogP contribution in [-0.4, -0.2) is 18.0 Å². The lowest BCUT2D eigenvalue weighted by atomic mass is 10.1. The van der Waals surface area contributed by atoms with E-state index in [0.29, 0.717) is 6.07 Å². The first-order chi connectivity index (χ1) is 8.62. The van der Waals surface area contributed by atoms with E-state index >= 15 is 0 Å². The number of halogens is 5. The zero-order valence-electron chi connectivity index (χ0n) is 10.1. The Balaban J connectivity index is 2.94. The first-order valence-corrected chi connectivity index (χ1v) is 5.16. The molecule has 0 aliphatic carbocycles. The van der Waals surface area contributed by atoms with Crippen molar-refractivity contribution in [2.45, 2.75) is 19.6 Å². The molecule has 0 heterocycles. The van der Waals surface area contributed by atoms with Gasteiger partial charge in [-0.3, -0.25) is 9.80 Å². The van der Waals surface area contributed by atoms with Gasteiger partial charge in [-0.1, -0.05) is 0 Å². The van der Waals surface area contributed by atoms with Gasteiger partial charge in [-0.15, -0.1) is 0 Å². The molecule has 3 nitrogen and oxygen atoms in total. The third-order valence-electron chi connectivity index (χ3n) is 2.42. The van der Waals surface area contributed by atoms with Gasteiger partial charge in [0.1, 0.15) is 11.6 Å². The number of hydrazine groups is 1. The van der Waals surface area contributed by atoms with Crippen molar-refractivity contribution in [2.75, 3.05) is 7.05 Å². The molecule has 106 valence electrons. The summed E-state index contributed by atoms with van der Waals surface area (Å²) >= 11 is 0. The van der Waals surface area contributed by atoms with Gasteiger partial charge in [0.05, 0.1) is 5.56 Å². The molecular formula is C11H11F5N2O. The first-order valence-electron chi connectivity index (χ1n) is 5.16. The highest BCUT2D eigenvalue weighted by atomic mass is 19.4. The Bertz CT molecular complexity index is 487. The van der Waals surface area contributed by atoms with E-state index in [1.165, 1.54) is 14.0 Å². The van der Waals surface area contributed by atoms with Crippen molar-refractivity contribution in [1.82, 2.24) is 10.4 Å². The second kappa shape index (κ2) is 5.52. The van der Waals surface area contributed by atoms with Crippen molar-refractivity contribution >= 4 is 5.91 Å². The topological polar surface area (TPSA) is 32.3 Å². The Morgan fingerprint density at radius 3 is 2.32 bits per heavy atom. The summed E-state index contributed by atoms with van der Waals surface area (Å²) in [7, 11) is 1.35. The number of hydrogen-bond acceptors (Lipinski definition) is 2. The van der Waals surface area contributed by atoms with Crippen molar-refractivity contribution < 1.29 is 26.7 Å². The molecule has 1 amide bonds. The Kier molecular flexibility index (Phi) is 4.46. The van der Waals surface area contributed by atoms with Crippen molar-refractivity contribution in [3.8, 4) is 0 Å². The molecule has 0 unspecified atom stereocenters. The molecule has 1 rings (SSSR count). The van der Waals surface area contributed by atoms with Gasteiger partial charge in [-0.05, 0) is 12.1 Å². The fourth-order valence-electron chi connectivity index (χ4n) is 1.26. The molecule has 0 atom stereocenters. The third-order valence-corrected chi connectivity index (χ3v) is 2.42.